The second-order valence-corrected chi connectivity index (χ2v) is 6.37. The van der Waals surface area contributed by atoms with Crippen molar-refractivity contribution in [3.8, 4) is 0 Å². The largest absolute Gasteiger partial charge is 0.337 e. The number of alkyl halides is 1. The topological polar surface area (TPSA) is 20.3 Å². The van der Waals surface area contributed by atoms with Crippen molar-refractivity contribution >= 4 is 17.5 Å². The number of hydrogen-bond donors (Lipinski definition) is 0. The fourth-order valence-electron chi connectivity index (χ4n) is 3.57. The molecule has 3 fully saturated rings. The third kappa shape index (κ3) is 1.85. The van der Waals surface area contributed by atoms with Crippen LogP contribution in [0.15, 0.2) is 0 Å². The second-order valence-electron chi connectivity index (χ2n) is 5.76. The maximum Gasteiger partial charge on any atom is 0.223 e. The molecule has 0 aromatic rings. The van der Waals surface area contributed by atoms with E-state index >= 15 is 0 Å². The number of fused-ring (bicyclic) bond motifs is 2. The van der Waals surface area contributed by atoms with Gasteiger partial charge >= 0.3 is 0 Å². The van der Waals surface area contributed by atoms with Crippen molar-refractivity contribution in [3.63, 3.8) is 0 Å². The molecule has 0 N–H and O–H groups in total. The zero-order chi connectivity index (χ0) is 11.1. The van der Waals surface area contributed by atoms with E-state index in [1.807, 2.05) is 0 Å². The molecule has 2 bridgehead atoms. The zero-order valence-corrected chi connectivity index (χ0v) is 10.5. The Morgan fingerprint density at radius 1 is 1.12 bits per heavy atom. The lowest BCUT2D eigenvalue weighted by atomic mass is 9.82. The first kappa shape index (κ1) is 10.9. The van der Waals surface area contributed by atoms with Gasteiger partial charge in [0.2, 0.25) is 5.91 Å². The molecular formula is C13H20ClNO. The van der Waals surface area contributed by atoms with Crippen molar-refractivity contribution in [1.82, 2.24) is 4.90 Å². The van der Waals surface area contributed by atoms with Crippen LogP contribution >= 0.6 is 11.6 Å². The van der Waals surface area contributed by atoms with E-state index in [9.17, 15) is 4.79 Å². The molecule has 16 heavy (non-hydrogen) atoms. The van der Waals surface area contributed by atoms with E-state index in [2.05, 4.69) is 4.90 Å². The molecule has 1 saturated carbocycles. The molecule has 0 radical (unpaired) electrons. The normalized spacial score (nSPS) is 38.6. The van der Waals surface area contributed by atoms with E-state index in [1.165, 1.54) is 32.1 Å². The highest BCUT2D eigenvalue weighted by molar-refractivity contribution is 6.20. The van der Waals surface area contributed by atoms with Crippen molar-refractivity contribution in [2.45, 2.75) is 68.8 Å². The standard InChI is InChI=1S/C13H20ClNO/c14-10-7-11-4-5-12(8-10)15(11)13(16)6-9-2-1-3-9/h9-12H,1-8H2. The maximum atomic E-state index is 12.3. The van der Waals surface area contributed by atoms with E-state index in [-0.39, 0.29) is 0 Å². The fourth-order valence-corrected chi connectivity index (χ4v) is 3.98. The van der Waals surface area contributed by atoms with E-state index < -0.39 is 0 Å². The quantitative estimate of drug-likeness (QED) is 0.681. The Bertz CT molecular complexity index is 276. The monoisotopic (exact) mass is 241 g/mol. The van der Waals surface area contributed by atoms with Crippen LogP contribution in [0.1, 0.15) is 51.4 Å². The Morgan fingerprint density at radius 3 is 2.25 bits per heavy atom. The van der Waals surface area contributed by atoms with E-state index in [1.54, 1.807) is 0 Å². The summed E-state index contributed by atoms with van der Waals surface area (Å²) < 4.78 is 0. The van der Waals surface area contributed by atoms with Crippen molar-refractivity contribution in [1.29, 1.82) is 0 Å². The van der Waals surface area contributed by atoms with E-state index in [4.69, 9.17) is 11.6 Å². The number of carbonyl (C=O) groups is 1. The Kier molecular flexibility index (Phi) is 2.87. The number of halogens is 1. The molecule has 3 rings (SSSR count). The SMILES string of the molecule is O=C(CC1CCC1)N1C2CCC1CC(Cl)C2. The van der Waals surface area contributed by atoms with E-state index in [0.717, 1.165) is 19.3 Å². The Labute approximate surface area is 102 Å². The van der Waals surface area contributed by atoms with Crippen LogP contribution in [0, 0.1) is 5.92 Å². The van der Waals surface area contributed by atoms with Crippen molar-refractivity contribution in [3.05, 3.63) is 0 Å². The van der Waals surface area contributed by atoms with Gasteiger partial charge < -0.3 is 4.90 Å². The molecular weight excluding hydrogens is 222 g/mol. The first-order valence-corrected chi connectivity index (χ1v) is 7.13. The van der Waals surface area contributed by atoms with Gasteiger partial charge in [-0.25, -0.2) is 0 Å². The molecule has 2 saturated heterocycles. The molecule has 1 aliphatic carbocycles. The average molecular weight is 242 g/mol. The van der Waals surface area contributed by atoms with Crippen LogP contribution in [0.2, 0.25) is 0 Å². The number of rotatable bonds is 2. The highest BCUT2D eigenvalue weighted by atomic mass is 35.5. The predicted molar refractivity (Wildman–Crippen MR) is 64.5 cm³/mol. The summed E-state index contributed by atoms with van der Waals surface area (Å²) in [5.74, 6) is 1.11. The summed E-state index contributed by atoms with van der Waals surface area (Å²) in [4.78, 5) is 14.4. The van der Waals surface area contributed by atoms with Gasteiger partial charge in [0.15, 0.2) is 0 Å². The van der Waals surface area contributed by atoms with Crippen LogP contribution in [-0.2, 0) is 4.79 Å². The molecule has 3 heteroatoms. The van der Waals surface area contributed by atoms with Crippen LogP contribution in [0.5, 0.6) is 0 Å². The third-order valence-corrected chi connectivity index (χ3v) is 5.01. The minimum absolute atomic E-state index is 0.310. The number of hydrogen-bond acceptors (Lipinski definition) is 1. The first-order chi connectivity index (χ1) is 7.74. The van der Waals surface area contributed by atoms with E-state index in [0.29, 0.717) is 29.3 Å². The van der Waals surface area contributed by atoms with Gasteiger partial charge in [-0.3, -0.25) is 4.79 Å². The highest BCUT2D eigenvalue weighted by Gasteiger charge is 2.42. The summed E-state index contributed by atoms with van der Waals surface area (Å²) >= 11 is 6.22. The van der Waals surface area contributed by atoms with Crippen molar-refractivity contribution in [2.24, 2.45) is 5.92 Å². The van der Waals surface area contributed by atoms with Crippen LogP contribution in [0.25, 0.3) is 0 Å². The summed E-state index contributed by atoms with van der Waals surface area (Å²) in [5.41, 5.74) is 0. The highest BCUT2D eigenvalue weighted by Crippen LogP contribution is 2.39. The third-order valence-electron chi connectivity index (χ3n) is 4.65. The van der Waals surface area contributed by atoms with Gasteiger partial charge in [-0.15, -0.1) is 11.6 Å². The molecule has 2 nitrogen and oxygen atoms in total. The zero-order valence-electron chi connectivity index (χ0n) is 9.70. The molecule has 2 unspecified atom stereocenters. The van der Waals surface area contributed by atoms with Crippen LogP contribution in [-0.4, -0.2) is 28.3 Å². The molecule has 2 aliphatic heterocycles. The van der Waals surface area contributed by atoms with Crippen molar-refractivity contribution < 1.29 is 4.79 Å². The summed E-state index contributed by atoms with van der Waals surface area (Å²) in [5, 5.41) is 0.310. The first-order valence-electron chi connectivity index (χ1n) is 6.69. The maximum absolute atomic E-state index is 12.3. The lowest BCUT2D eigenvalue weighted by Crippen LogP contribution is -2.47. The summed E-state index contributed by atoms with van der Waals surface area (Å²) in [7, 11) is 0. The smallest absolute Gasteiger partial charge is 0.223 e. The summed E-state index contributed by atoms with van der Waals surface area (Å²) in [6, 6.07) is 0.933. The van der Waals surface area contributed by atoms with Crippen LogP contribution in [0.4, 0.5) is 0 Å². The Morgan fingerprint density at radius 2 is 1.75 bits per heavy atom. The molecule has 1 amide bonds. The van der Waals surface area contributed by atoms with Gasteiger partial charge in [0.25, 0.3) is 0 Å². The predicted octanol–water partition coefficient (Wildman–Crippen LogP) is 2.94. The summed E-state index contributed by atoms with van der Waals surface area (Å²) in [6.45, 7) is 0. The van der Waals surface area contributed by atoms with Gasteiger partial charge in [-0.2, -0.15) is 0 Å². The van der Waals surface area contributed by atoms with Gasteiger partial charge in [0.1, 0.15) is 0 Å². The minimum atomic E-state index is 0.310. The number of carbonyl (C=O) groups excluding carboxylic acids is 1. The van der Waals surface area contributed by atoms with Crippen LogP contribution in [0.3, 0.4) is 0 Å². The van der Waals surface area contributed by atoms with Gasteiger partial charge in [0.05, 0.1) is 0 Å². The molecule has 0 aromatic heterocycles. The molecule has 0 spiro atoms. The summed E-state index contributed by atoms with van der Waals surface area (Å²) in [6.07, 6.45) is 9.09. The average Bonchev–Trinajstić information content (AvgIpc) is 2.45. The molecule has 2 atom stereocenters. The number of piperidine rings is 1. The Balaban J connectivity index is 1.63. The second kappa shape index (κ2) is 4.21. The Hall–Kier alpha value is -0.240. The lowest BCUT2D eigenvalue weighted by Gasteiger charge is -2.38. The van der Waals surface area contributed by atoms with Gasteiger partial charge in [-0.05, 0) is 44.4 Å². The van der Waals surface area contributed by atoms with Gasteiger partial charge in [0, 0.05) is 23.9 Å². The van der Waals surface area contributed by atoms with Crippen LogP contribution < -0.4 is 0 Å². The van der Waals surface area contributed by atoms with Crippen molar-refractivity contribution in [2.75, 3.05) is 0 Å². The molecule has 90 valence electrons. The van der Waals surface area contributed by atoms with Gasteiger partial charge in [-0.1, -0.05) is 6.42 Å². The number of amides is 1. The molecule has 3 aliphatic rings. The fraction of sp³-hybridized carbons (Fsp3) is 0.923. The number of nitrogens with zero attached hydrogens (tertiary/aromatic N) is 1. The lowest BCUT2D eigenvalue weighted by molar-refractivity contribution is -0.137. The molecule has 0 aromatic carbocycles. The minimum Gasteiger partial charge on any atom is -0.337 e. The molecule has 2 heterocycles.